The summed E-state index contributed by atoms with van der Waals surface area (Å²) in [6.07, 6.45) is 0. The van der Waals surface area contributed by atoms with Gasteiger partial charge in [-0.3, -0.25) is 14.9 Å². The van der Waals surface area contributed by atoms with E-state index >= 15 is 0 Å². The number of fused-ring (bicyclic) bond motifs is 1. The second kappa shape index (κ2) is 8.86. The summed E-state index contributed by atoms with van der Waals surface area (Å²) < 4.78 is 11.6. The lowest BCUT2D eigenvalue weighted by Gasteiger charge is -2.28. The maximum absolute atomic E-state index is 13.7. The minimum Gasteiger partial charge on any atom is -0.494 e. The van der Waals surface area contributed by atoms with Crippen molar-refractivity contribution in [3.8, 4) is 5.75 Å². The Morgan fingerprint density at radius 1 is 1.15 bits per heavy atom. The number of nitro benzene ring substituents is 1. The lowest BCUT2D eigenvalue weighted by atomic mass is 9.89. The number of tetrazole rings is 1. The normalized spacial score (nSPS) is 14.8. The molecule has 12 heteroatoms. The number of non-ortho nitro benzene ring substituents is 1. The first-order chi connectivity index (χ1) is 15.9. The minimum atomic E-state index is -0.940. The molecule has 1 aliphatic rings. The zero-order chi connectivity index (χ0) is 23.5. The summed E-state index contributed by atoms with van der Waals surface area (Å²) in [7, 11) is 1.19. The van der Waals surface area contributed by atoms with Crippen molar-refractivity contribution in [2.45, 2.75) is 13.0 Å². The first-order valence-electron chi connectivity index (χ1n) is 9.83. The highest BCUT2D eigenvalue weighted by molar-refractivity contribution is 6.15. The number of methoxy groups -OCH3 is 1. The first-order valence-corrected chi connectivity index (χ1v) is 9.83. The van der Waals surface area contributed by atoms with E-state index in [-0.39, 0.29) is 22.9 Å². The van der Waals surface area contributed by atoms with Crippen LogP contribution in [0.15, 0.2) is 59.8 Å². The van der Waals surface area contributed by atoms with E-state index in [0.717, 1.165) is 0 Å². The summed E-state index contributed by atoms with van der Waals surface area (Å²) in [6.45, 7) is 2.32. The zero-order valence-electron chi connectivity index (χ0n) is 17.6. The van der Waals surface area contributed by atoms with Crippen LogP contribution in [-0.2, 0) is 9.53 Å². The molecule has 1 aliphatic heterocycles. The fourth-order valence-electron chi connectivity index (χ4n) is 3.50. The number of ketones is 1. The van der Waals surface area contributed by atoms with Gasteiger partial charge in [-0.2, -0.15) is 4.68 Å². The Labute approximate surface area is 187 Å². The summed E-state index contributed by atoms with van der Waals surface area (Å²) in [4.78, 5) is 36.8. The maximum atomic E-state index is 13.7. The summed E-state index contributed by atoms with van der Waals surface area (Å²) in [5.41, 5.74) is 0.536. The maximum Gasteiger partial charge on any atom is 0.355 e. The largest absolute Gasteiger partial charge is 0.494 e. The zero-order valence-corrected chi connectivity index (χ0v) is 17.6. The van der Waals surface area contributed by atoms with Crippen LogP contribution in [0.3, 0.4) is 0 Å². The molecule has 2 heterocycles. The van der Waals surface area contributed by atoms with Crippen LogP contribution in [-0.4, -0.2) is 50.6 Å². The molecule has 4 rings (SSSR count). The molecule has 0 spiro atoms. The molecule has 0 saturated heterocycles. The molecule has 1 N–H and O–H groups in total. The molecule has 0 radical (unpaired) electrons. The Balaban J connectivity index is 1.87. The second-order valence-corrected chi connectivity index (χ2v) is 6.89. The Morgan fingerprint density at radius 2 is 1.85 bits per heavy atom. The van der Waals surface area contributed by atoms with Gasteiger partial charge in [-0.25, -0.2) is 4.79 Å². The van der Waals surface area contributed by atoms with E-state index in [9.17, 15) is 19.7 Å². The molecular weight excluding hydrogens is 432 g/mol. The molecule has 2 aromatic carbocycles. The third kappa shape index (κ3) is 4.01. The quantitative estimate of drug-likeness (QED) is 0.246. The van der Waals surface area contributed by atoms with E-state index in [1.807, 2.05) is 6.92 Å². The Kier molecular flexibility index (Phi) is 5.81. The van der Waals surface area contributed by atoms with Crippen molar-refractivity contribution < 1.29 is 24.0 Å². The standard InChI is InChI=1S/C21H18N6O6/c1-3-33-15-10-6-13(7-11-15)19(28)16-17(20(29)32-2)22-21-23-24-25-26(21)18(16)12-4-8-14(9-5-12)27(30)31/h4-11,18H,3H2,1-2H3,(H,22,23,25)/t18-/m0/s1. The fourth-order valence-corrected chi connectivity index (χ4v) is 3.50. The number of carbonyl (C=O) groups is 2. The topological polar surface area (TPSA) is 151 Å². The molecular formula is C21H18N6O6. The lowest BCUT2D eigenvalue weighted by Crippen LogP contribution is -2.32. The smallest absolute Gasteiger partial charge is 0.355 e. The number of esters is 1. The van der Waals surface area contributed by atoms with Crippen LogP contribution in [0.4, 0.5) is 11.6 Å². The molecule has 1 aromatic heterocycles. The van der Waals surface area contributed by atoms with Gasteiger partial charge < -0.3 is 14.8 Å². The number of benzene rings is 2. The van der Waals surface area contributed by atoms with Crippen LogP contribution in [0.5, 0.6) is 5.75 Å². The molecule has 0 amide bonds. The van der Waals surface area contributed by atoms with Crippen molar-refractivity contribution in [3.63, 3.8) is 0 Å². The van der Waals surface area contributed by atoms with E-state index in [4.69, 9.17) is 9.47 Å². The van der Waals surface area contributed by atoms with Crippen LogP contribution in [0.25, 0.3) is 0 Å². The van der Waals surface area contributed by atoms with Gasteiger partial charge in [-0.05, 0) is 59.3 Å². The van der Waals surface area contributed by atoms with Crippen LogP contribution < -0.4 is 10.1 Å². The number of hydrogen-bond acceptors (Lipinski definition) is 10. The lowest BCUT2D eigenvalue weighted by molar-refractivity contribution is -0.384. The molecule has 0 saturated carbocycles. The van der Waals surface area contributed by atoms with Crippen molar-refractivity contribution in [1.82, 2.24) is 20.2 Å². The number of hydrogen-bond donors (Lipinski definition) is 1. The molecule has 0 fully saturated rings. The number of nitro groups is 1. The number of allylic oxidation sites excluding steroid dienone is 1. The monoisotopic (exact) mass is 450 g/mol. The Morgan fingerprint density at radius 3 is 2.45 bits per heavy atom. The van der Waals surface area contributed by atoms with Crippen LogP contribution in [0, 0.1) is 10.1 Å². The summed E-state index contributed by atoms with van der Waals surface area (Å²) >= 11 is 0. The molecule has 0 bridgehead atoms. The summed E-state index contributed by atoms with van der Waals surface area (Å²) in [6, 6.07) is 11.1. The van der Waals surface area contributed by atoms with Crippen molar-refractivity contribution in [2.24, 2.45) is 0 Å². The average molecular weight is 450 g/mol. The van der Waals surface area contributed by atoms with Crippen molar-refractivity contribution >= 4 is 23.4 Å². The minimum absolute atomic E-state index is 0.0275. The van der Waals surface area contributed by atoms with E-state index in [1.165, 1.54) is 36.1 Å². The number of nitrogens with one attached hydrogen (secondary N) is 1. The van der Waals surface area contributed by atoms with Gasteiger partial charge in [0.05, 0.1) is 24.2 Å². The second-order valence-electron chi connectivity index (χ2n) is 6.89. The number of carbonyl (C=O) groups excluding carboxylic acids is 2. The van der Waals surface area contributed by atoms with Gasteiger partial charge in [0, 0.05) is 17.7 Å². The van der Waals surface area contributed by atoms with Gasteiger partial charge in [-0.1, -0.05) is 5.10 Å². The summed E-state index contributed by atoms with van der Waals surface area (Å²) in [5, 5.41) is 25.3. The number of nitrogens with zero attached hydrogens (tertiary/aromatic N) is 5. The van der Waals surface area contributed by atoms with Gasteiger partial charge in [0.1, 0.15) is 17.5 Å². The van der Waals surface area contributed by atoms with Gasteiger partial charge in [-0.15, -0.1) is 0 Å². The van der Waals surface area contributed by atoms with E-state index in [0.29, 0.717) is 23.5 Å². The molecule has 0 aliphatic carbocycles. The average Bonchev–Trinajstić information content (AvgIpc) is 3.31. The summed E-state index contributed by atoms with van der Waals surface area (Å²) in [5.74, 6) is -0.560. The number of rotatable bonds is 7. The van der Waals surface area contributed by atoms with Gasteiger partial charge in [0.2, 0.25) is 5.95 Å². The molecule has 1 atom stereocenters. The predicted molar refractivity (Wildman–Crippen MR) is 114 cm³/mol. The van der Waals surface area contributed by atoms with Gasteiger partial charge in [0.25, 0.3) is 5.69 Å². The van der Waals surface area contributed by atoms with E-state index in [2.05, 4.69) is 20.8 Å². The van der Waals surface area contributed by atoms with Gasteiger partial charge >= 0.3 is 5.97 Å². The molecule has 3 aromatic rings. The van der Waals surface area contributed by atoms with E-state index in [1.54, 1.807) is 24.3 Å². The molecule has 12 nitrogen and oxygen atoms in total. The van der Waals surface area contributed by atoms with Crippen LogP contribution in [0.1, 0.15) is 28.9 Å². The number of anilines is 1. The predicted octanol–water partition coefficient (Wildman–Crippen LogP) is 2.30. The van der Waals surface area contributed by atoms with Crippen LogP contribution in [0.2, 0.25) is 0 Å². The number of Topliss-reactive ketones (excluding diaryl/α,β-unsaturated/α-hetero) is 1. The van der Waals surface area contributed by atoms with Crippen molar-refractivity contribution in [2.75, 3.05) is 19.0 Å². The Bertz CT molecular complexity index is 1250. The fraction of sp³-hybridized carbons (Fsp3) is 0.190. The third-order valence-electron chi connectivity index (χ3n) is 5.00. The highest BCUT2D eigenvalue weighted by Crippen LogP contribution is 2.37. The number of ether oxygens (including phenoxy) is 2. The Hall–Kier alpha value is -4.61. The molecule has 168 valence electrons. The van der Waals surface area contributed by atoms with E-state index < -0.39 is 22.7 Å². The highest BCUT2D eigenvalue weighted by Gasteiger charge is 2.38. The molecule has 0 unspecified atom stereocenters. The van der Waals surface area contributed by atoms with Crippen molar-refractivity contribution in [1.29, 1.82) is 0 Å². The van der Waals surface area contributed by atoms with Gasteiger partial charge in [0.15, 0.2) is 5.78 Å². The third-order valence-corrected chi connectivity index (χ3v) is 5.00. The molecule has 33 heavy (non-hydrogen) atoms. The number of aromatic nitrogens is 4. The SMILES string of the molecule is CCOc1ccc(C(=O)C2=C(C(=O)OC)Nc3nnnn3[C@H]2c2ccc([N+](=O)[O-])cc2)cc1. The first kappa shape index (κ1) is 21.6. The highest BCUT2D eigenvalue weighted by atomic mass is 16.6. The van der Waals surface area contributed by atoms with Crippen LogP contribution >= 0.6 is 0 Å². The van der Waals surface area contributed by atoms with Crippen molar-refractivity contribution in [3.05, 3.63) is 81.0 Å².